The van der Waals surface area contributed by atoms with Crippen LogP contribution in [-0.4, -0.2) is 7.11 Å². The summed E-state index contributed by atoms with van der Waals surface area (Å²) in [5.41, 5.74) is 5.15. The van der Waals surface area contributed by atoms with Gasteiger partial charge in [-0.05, 0) is 35.6 Å². The normalized spacial score (nSPS) is 11.4. The average molecular weight is 254 g/mol. The van der Waals surface area contributed by atoms with Gasteiger partial charge in [-0.15, -0.1) is 0 Å². The maximum atomic E-state index is 5.52. The van der Waals surface area contributed by atoms with Gasteiger partial charge in [-0.1, -0.05) is 56.7 Å². The van der Waals surface area contributed by atoms with Crippen LogP contribution in [0.4, 0.5) is 0 Å². The summed E-state index contributed by atoms with van der Waals surface area (Å²) in [6.07, 6.45) is 0. The molecule has 0 spiro atoms. The predicted molar refractivity (Wildman–Crippen MR) is 81.9 cm³/mol. The molecule has 0 saturated heterocycles. The molecule has 0 unspecified atom stereocenters. The zero-order chi connectivity index (χ0) is 14.0. The summed E-state index contributed by atoms with van der Waals surface area (Å²) in [5.74, 6) is 0.933. The largest absolute Gasteiger partial charge is 0.496 e. The highest BCUT2D eigenvalue weighted by molar-refractivity contribution is 5.75. The molecule has 0 amide bonds. The van der Waals surface area contributed by atoms with Gasteiger partial charge in [0.05, 0.1) is 7.11 Å². The number of ether oxygens (including phenoxy) is 1. The average Bonchev–Trinajstić information content (AvgIpc) is 2.37. The van der Waals surface area contributed by atoms with Crippen LogP contribution in [0.2, 0.25) is 0 Å². The summed E-state index contributed by atoms with van der Waals surface area (Å²) in [6.45, 7) is 8.85. The zero-order valence-corrected chi connectivity index (χ0v) is 12.4. The van der Waals surface area contributed by atoms with Gasteiger partial charge in [0.1, 0.15) is 5.75 Å². The maximum Gasteiger partial charge on any atom is 0.126 e. The van der Waals surface area contributed by atoms with Crippen LogP contribution < -0.4 is 4.74 Å². The van der Waals surface area contributed by atoms with Gasteiger partial charge in [0, 0.05) is 5.56 Å². The van der Waals surface area contributed by atoms with Crippen LogP contribution in [0.5, 0.6) is 5.75 Å². The number of rotatable bonds is 2. The van der Waals surface area contributed by atoms with E-state index in [9.17, 15) is 0 Å². The van der Waals surface area contributed by atoms with E-state index in [0.717, 1.165) is 5.75 Å². The maximum absolute atomic E-state index is 5.52. The van der Waals surface area contributed by atoms with E-state index in [0.29, 0.717) is 0 Å². The van der Waals surface area contributed by atoms with E-state index < -0.39 is 0 Å². The van der Waals surface area contributed by atoms with Gasteiger partial charge in [-0.3, -0.25) is 0 Å². The molecule has 0 atom stereocenters. The van der Waals surface area contributed by atoms with Crippen LogP contribution in [0.1, 0.15) is 31.9 Å². The molecule has 2 rings (SSSR count). The van der Waals surface area contributed by atoms with Crippen molar-refractivity contribution in [3.8, 4) is 16.9 Å². The van der Waals surface area contributed by atoms with Crippen molar-refractivity contribution >= 4 is 0 Å². The lowest BCUT2D eigenvalue weighted by Gasteiger charge is -2.24. The zero-order valence-electron chi connectivity index (χ0n) is 12.4. The molecule has 0 aliphatic heterocycles. The minimum Gasteiger partial charge on any atom is -0.496 e. The second kappa shape index (κ2) is 5.08. The summed E-state index contributed by atoms with van der Waals surface area (Å²) in [6, 6.07) is 14.9. The fourth-order valence-electron chi connectivity index (χ4n) is 2.40. The molecular weight excluding hydrogens is 232 g/mol. The van der Waals surface area contributed by atoms with Crippen LogP contribution in [0, 0.1) is 6.92 Å². The van der Waals surface area contributed by atoms with E-state index in [4.69, 9.17) is 4.74 Å². The number of aryl methyl sites for hydroxylation is 1. The minimum absolute atomic E-state index is 0.116. The number of benzene rings is 2. The third-order valence-electron chi connectivity index (χ3n) is 3.38. The Bertz CT molecular complexity index is 576. The first-order chi connectivity index (χ1) is 8.93. The summed E-state index contributed by atoms with van der Waals surface area (Å²) >= 11 is 0. The lowest BCUT2D eigenvalue weighted by atomic mass is 9.81. The monoisotopic (exact) mass is 254 g/mol. The van der Waals surface area contributed by atoms with Gasteiger partial charge in [-0.2, -0.15) is 0 Å². The molecule has 2 aromatic rings. The lowest BCUT2D eigenvalue weighted by Crippen LogP contribution is -2.12. The third kappa shape index (κ3) is 2.81. The molecule has 19 heavy (non-hydrogen) atoms. The van der Waals surface area contributed by atoms with E-state index in [-0.39, 0.29) is 5.41 Å². The van der Waals surface area contributed by atoms with Crippen molar-refractivity contribution in [3.63, 3.8) is 0 Å². The van der Waals surface area contributed by atoms with Gasteiger partial charge in [0.2, 0.25) is 0 Å². The Morgan fingerprint density at radius 2 is 1.58 bits per heavy atom. The first-order valence-corrected chi connectivity index (χ1v) is 6.68. The summed E-state index contributed by atoms with van der Waals surface area (Å²) in [7, 11) is 1.73. The fourth-order valence-corrected chi connectivity index (χ4v) is 2.40. The van der Waals surface area contributed by atoms with Gasteiger partial charge >= 0.3 is 0 Å². The van der Waals surface area contributed by atoms with Crippen LogP contribution in [0.3, 0.4) is 0 Å². The quantitative estimate of drug-likeness (QED) is 0.735. The van der Waals surface area contributed by atoms with E-state index in [1.165, 1.54) is 22.3 Å². The molecule has 100 valence electrons. The third-order valence-corrected chi connectivity index (χ3v) is 3.38. The summed E-state index contributed by atoms with van der Waals surface area (Å²) < 4.78 is 5.52. The fraction of sp³-hybridized carbons (Fsp3) is 0.333. The van der Waals surface area contributed by atoms with Crippen molar-refractivity contribution in [1.29, 1.82) is 0 Å². The molecule has 1 nitrogen and oxygen atoms in total. The molecule has 0 aromatic heterocycles. The smallest absolute Gasteiger partial charge is 0.126 e. The van der Waals surface area contributed by atoms with Crippen molar-refractivity contribution in [2.24, 2.45) is 0 Å². The first-order valence-electron chi connectivity index (χ1n) is 6.68. The van der Waals surface area contributed by atoms with Crippen LogP contribution in [0.15, 0.2) is 42.5 Å². The Labute approximate surface area is 116 Å². The highest BCUT2D eigenvalue weighted by Crippen LogP contribution is 2.37. The van der Waals surface area contributed by atoms with E-state index in [1.54, 1.807) is 7.11 Å². The molecule has 0 saturated carbocycles. The summed E-state index contributed by atoms with van der Waals surface area (Å²) in [5, 5.41) is 0. The van der Waals surface area contributed by atoms with Crippen molar-refractivity contribution in [2.75, 3.05) is 7.11 Å². The second-order valence-corrected chi connectivity index (χ2v) is 6.00. The van der Waals surface area contributed by atoms with E-state index in [2.05, 4.69) is 64.1 Å². The van der Waals surface area contributed by atoms with Gasteiger partial charge < -0.3 is 4.74 Å². The van der Waals surface area contributed by atoms with Crippen molar-refractivity contribution in [1.82, 2.24) is 0 Å². The van der Waals surface area contributed by atoms with Crippen LogP contribution in [0.25, 0.3) is 11.1 Å². The Balaban J connectivity index is 2.69. The number of methoxy groups -OCH3 is 1. The van der Waals surface area contributed by atoms with E-state index >= 15 is 0 Å². The molecule has 0 bridgehead atoms. The lowest BCUT2D eigenvalue weighted by molar-refractivity contribution is 0.416. The molecule has 1 heteroatoms. The van der Waals surface area contributed by atoms with Gasteiger partial charge in [0.25, 0.3) is 0 Å². The Hall–Kier alpha value is -1.76. The minimum atomic E-state index is 0.116. The number of hydrogen-bond donors (Lipinski definition) is 0. The van der Waals surface area contributed by atoms with Crippen molar-refractivity contribution < 1.29 is 4.74 Å². The second-order valence-electron chi connectivity index (χ2n) is 6.00. The van der Waals surface area contributed by atoms with Crippen molar-refractivity contribution in [2.45, 2.75) is 33.1 Å². The molecule has 0 heterocycles. The molecule has 0 aliphatic rings. The highest BCUT2D eigenvalue weighted by atomic mass is 16.5. The molecule has 0 aliphatic carbocycles. The molecular formula is C18H22O. The molecule has 0 radical (unpaired) electrons. The topological polar surface area (TPSA) is 9.23 Å². The van der Waals surface area contributed by atoms with Crippen molar-refractivity contribution in [3.05, 3.63) is 53.6 Å². The standard InChI is InChI=1S/C18H22O/c1-13-10-11-17(19-5)15(12-13)14-8-6-7-9-16(14)18(2,3)4/h6-12H,1-5H3. The Morgan fingerprint density at radius 1 is 0.895 bits per heavy atom. The molecule has 2 aromatic carbocycles. The van der Waals surface area contributed by atoms with Gasteiger partial charge in [0.15, 0.2) is 0 Å². The Kier molecular flexibility index (Phi) is 3.66. The van der Waals surface area contributed by atoms with Gasteiger partial charge in [-0.25, -0.2) is 0 Å². The Morgan fingerprint density at radius 3 is 2.21 bits per heavy atom. The summed E-state index contributed by atoms with van der Waals surface area (Å²) in [4.78, 5) is 0. The predicted octanol–water partition coefficient (Wildman–Crippen LogP) is 4.97. The number of hydrogen-bond acceptors (Lipinski definition) is 1. The molecule has 0 N–H and O–H groups in total. The molecule has 0 fully saturated rings. The SMILES string of the molecule is COc1ccc(C)cc1-c1ccccc1C(C)(C)C. The van der Waals surface area contributed by atoms with Crippen LogP contribution >= 0.6 is 0 Å². The van der Waals surface area contributed by atoms with E-state index in [1.807, 2.05) is 6.07 Å². The highest BCUT2D eigenvalue weighted by Gasteiger charge is 2.19. The van der Waals surface area contributed by atoms with Crippen LogP contribution in [-0.2, 0) is 5.41 Å². The first kappa shape index (κ1) is 13.7.